The van der Waals surface area contributed by atoms with Crippen LogP contribution in [0.1, 0.15) is 30.5 Å². The molecule has 114 valence electrons. The quantitative estimate of drug-likeness (QED) is 0.748. The zero-order valence-corrected chi connectivity index (χ0v) is 11.7. The van der Waals surface area contributed by atoms with Gasteiger partial charge in [-0.3, -0.25) is 0 Å². The van der Waals surface area contributed by atoms with Crippen LogP contribution in [0.4, 0.5) is 22.0 Å². The Hall–Kier alpha value is -0.880. The van der Waals surface area contributed by atoms with Crippen LogP contribution in [-0.4, -0.2) is 18.9 Å². The fraction of sp³-hybridized carbons (Fsp3) is 0.538. The summed E-state index contributed by atoms with van der Waals surface area (Å²) in [5.41, 5.74) is -0.165. The molecule has 0 amide bonds. The minimum absolute atomic E-state index is 0.0674. The number of halogens is 6. The molecule has 1 rings (SSSR count). The van der Waals surface area contributed by atoms with Crippen LogP contribution in [0, 0.1) is 12.7 Å². The van der Waals surface area contributed by atoms with Crippen LogP contribution in [0.15, 0.2) is 12.1 Å². The Bertz CT molecular complexity index is 464. The van der Waals surface area contributed by atoms with Gasteiger partial charge in [-0.1, -0.05) is 18.5 Å². The van der Waals surface area contributed by atoms with Gasteiger partial charge in [0.15, 0.2) is 0 Å². The maximum absolute atomic E-state index is 13.7. The molecular weight excluding hydrogens is 301 g/mol. The number of hydrogen-bond acceptors (Lipinski definition) is 1. The molecule has 0 saturated carbocycles. The number of nitrogens with one attached hydrogen (secondary N) is 1. The van der Waals surface area contributed by atoms with Crippen LogP contribution >= 0.6 is 11.6 Å². The van der Waals surface area contributed by atoms with Gasteiger partial charge >= 0.3 is 12.3 Å². The smallest absolute Gasteiger partial charge is 0.305 e. The lowest BCUT2D eigenvalue weighted by molar-refractivity contribution is -0.151. The fourth-order valence-electron chi connectivity index (χ4n) is 1.77. The molecule has 0 aliphatic rings. The van der Waals surface area contributed by atoms with Gasteiger partial charge in [0.1, 0.15) is 11.9 Å². The van der Waals surface area contributed by atoms with E-state index in [2.05, 4.69) is 5.32 Å². The second kappa shape index (κ2) is 6.72. The third-order valence-corrected chi connectivity index (χ3v) is 3.19. The van der Waals surface area contributed by atoms with E-state index in [1.165, 1.54) is 6.92 Å². The van der Waals surface area contributed by atoms with Crippen molar-refractivity contribution < 1.29 is 22.0 Å². The molecule has 0 saturated heterocycles. The molecular formula is C13H15ClF5N. The summed E-state index contributed by atoms with van der Waals surface area (Å²) in [7, 11) is 0. The fourth-order valence-corrected chi connectivity index (χ4v) is 2.03. The molecule has 1 aromatic carbocycles. The van der Waals surface area contributed by atoms with Gasteiger partial charge in [0.2, 0.25) is 0 Å². The Morgan fingerprint density at radius 2 is 1.90 bits per heavy atom. The number of hydrogen-bond donors (Lipinski definition) is 1. The molecule has 0 radical (unpaired) electrons. The summed E-state index contributed by atoms with van der Waals surface area (Å²) in [6, 6.07) is -0.0374. The zero-order valence-electron chi connectivity index (χ0n) is 11.0. The van der Waals surface area contributed by atoms with Gasteiger partial charge < -0.3 is 5.32 Å². The maximum Gasteiger partial charge on any atom is 0.326 e. The van der Waals surface area contributed by atoms with Crippen molar-refractivity contribution in [3.8, 4) is 0 Å². The molecule has 0 spiro atoms. The summed E-state index contributed by atoms with van der Waals surface area (Å²) in [4.78, 5) is 0. The molecule has 1 aromatic rings. The molecule has 7 heteroatoms. The topological polar surface area (TPSA) is 12.0 Å². The summed E-state index contributed by atoms with van der Waals surface area (Å²) < 4.78 is 65.8. The summed E-state index contributed by atoms with van der Waals surface area (Å²) in [6.07, 6.45) is -3.37. The van der Waals surface area contributed by atoms with Crippen LogP contribution in [0.5, 0.6) is 0 Å². The van der Waals surface area contributed by atoms with Gasteiger partial charge in [-0.15, -0.1) is 0 Å². The average molecular weight is 316 g/mol. The largest absolute Gasteiger partial charge is 0.326 e. The van der Waals surface area contributed by atoms with Gasteiger partial charge in [-0.05, 0) is 43.1 Å². The Kier molecular flexibility index (Phi) is 5.77. The van der Waals surface area contributed by atoms with E-state index in [-0.39, 0.29) is 22.7 Å². The first-order chi connectivity index (χ1) is 9.21. The monoisotopic (exact) mass is 315 g/mol. The lowest BCUT2D eigenvalue weighted by Gasteiger charge is -2.28. The lowest BCUT2D eigenvalue weighted by Crippen LogP contribution is -2.43. The van der Waals surface area contributed by atoms with E-state index in [1.807, 2.05) is 0 Å². The first kappa shape index (κ1) is 17.2. The van der Waals surface area contributed by atoms with E-state index in [1.54, 1.807) is 6.92 Å². The SMILES string of the molecule is CCCNC(c1cc(C)c(F)cc1Cl)C(F)(F)C(F)F. The van der Waals surface area contributed by atoms with E-state index >= 15 is 0 Å². The van der Waals surface area contributed by atoms with Crippen molar-refractivity contribution in [3.63, 3.8) is 0 Å². The highest BCUT2D eigenvalue weighted by Gasteiger charge is 2.49. The average Bonchev–Trinajstić information content (AvgIpc) is 2.35. The molecule has 0 heterocycles. The van der Waals surface area contributed by atoms with Crippen molar-refractivity contribution in [2.24, 2.45) is 0 Å². The maximum atomic E-state index is 13.7. The van der Waals surface area contributed by atoms with Crippen molar-refractivity contribution >= 4 is 11.6 Å². The predicted molar refractivity (Wildman–Crippen MR) is 68.1 cm³/mol. The molecule has 1 nitrogen and oxygen atoms in total. The van der Waals surface area contributed by atoms with Crippen LogP contribution in [0.25, 0.3) is 0 Å². The van der Waals surface area contributed by atoms with E-state index in [9.17, 15) is 22.0 Å². The van der Waals surface area contributed by atoms with Crippen LogP contribution in [0.3, 0.4) is 0 Å². The molecule has 0 bridgehead atoms. The second-order valence-electron chi connectivity index (χ2n) is 4.49. The van der Waals surface area contributed by atoms with E-state index < -0.39 is 24.2 Å². The standard InChI is InChI=1S/C13H15ClF5N/c1-3-4-20-11(13(18,19)12(16)17)8-5-7(2)10(15)6-9(8)14/h5-6,11-12,20H,3-4H2,1-2H3. The highest BCUT2D eigenvalue weighted by Crippen LogP contribution is 2.39. The predicted octanol–water partition coefficient (Wildman–Crippen LogP) is 4.73. The Balaban J connectivity index is 3.27. The summed E-state index contributed by atoms with van der Waals surface area (Å²) in [6.45, 7) is 3.17. The van der Waals surface area contributed by atoms with Crippen molar-refractivity contribution in [1.82, 2.24) is 5.32 Å². The number of benzene rings is 1. The minimum Gasteiger partial charge on any atom is -0.305 e. The van der Waals surface area contributed by atoms with Crippen molar-refractivity contribution in [3.05, 3.63) is 34.1 Å². The molecule has 1 N–H and O–H groups in total. The third kappa shape index (κ3) is 3.61. The second-order valence-corrected chi connectivity index (χ2v) is 4.89. The van der Waals surface area contributed by atoms with Crippen molar-refractivity contribution in [1.29, 1.82) is 0 Å². The molecule has 0 aliphatic heterocycles. The summed E-state index contributed by atoms with van der Waals surface area (Å²) in [5, 5.41) is 2.05. The van der Waals surface area contributed by atoms with Gasteiger partial charge in [-0.2, -0.15) is 8.78 Å². The van der Waals surface area contributed by atoms with Crippen LogP contribution < -0.4 is 5.32 Å². The number of aryl methyl sites for hydroxylation is 1. The van der Waals surface area contributed by atoms with Gasteiger partial charge in [-0.25, -0.2) is 13.2 Å². The highest BCUT2D eigenvalue weighted by atomic mass is 35.5. The Morgan fingerprint density at radius 3 is 2.40 bits per heavy atom. The molecule has 1 unspecified atom stereocenters. The van der Waals surface area contributed by atoms with Crippen LogP contribution in [-0.2, 0) is 0 Å². The molecule has 0 aromatic heterocycles. The number of rotatable bonds is 6. The molecule has 0 aliphatic carbocycles. The van der Waals surface area contributed by atoms with E-state index in [4.69, 9.17) is 11.6 Å². The van der Waals surface area contributed by atoms with E-state index in [0.717, 1.165) is 12.1 Å². The molecule has 0 fully saturated rings. The first-order valence-corrected chi connectivity index (χ1v) is 6.44. The minimum atomic E-state index is -4.30. The summed E-state index contributed by atoms with van der Waals surface area (Å²) >= 11 is 5.73. The molecule has 1 atom stereocenters. The van der Waals surface area contributed by atoms with Gasteiger partial charge in [0, 0.05) is 5.02 Å². The Morgan fingerprint density at radius 1 is 1.30 bits per heavy atom. The summed E-state index contributed by atoms with van der Waals surface area (Å²) in [5.74, 6) is -4.98. The normalized spacial score (nSPS) is 13.8. The first-order valence-electron chi connectivity index (χ1n) is 6.06. The molecule has 20 heavy (non-hydrogen) atoms. The number of alkyl halides is 4. The Labute approximate surface area is 119 Å². The van der Waals surface area contributed by atoms with Gasteiger partial charge in [0.25, 0.3) is 0 Å². The van der Waals surface area contributed by atoms with Crippen molar-refractivity contribution in [2.75, 3.05) is 6.54 Å². The lowest BCUT2D eigenvalue weighted by atomic mass is 9.98. The third-order valence-electron chi connectivity index (χ3n) is 2.86. The highest BCUT2D eigenvalue weighted by molar-refractivity contribution is 6.31. The van der Waals surface area contributed by atoms with Crippen LogP contribution in [0.2, 0.25) is 5.02 Å². The van der Waals surface area contributed by atoms with E-state index in [0.29, 0.717) is 6.42 Å². The van der Waals surface area contributed by atoms with Gasteiger partial charge in [0.05, 0.1) is 0 Å². The van der Waals surface area contributed by atoms with Crippen molar-refractivity contribution in [2.45, 2.75) is 38.7 Å². The zero-order chi connectivity index (χ0) is 15.5.